The molecule has 3 rings (SSSR count). The number of benzene rings is 1. The van der Waals surface area contributed by atoms with Gasteiger partial charge in [-0.3, -0.25) is 19.3 Å². The minimum absolute atomic E-state index is 0.108. The van der Waals surface area contributed by atoms with E-state index in [0.717, 1.165) is 51.1 Å². The van der Waals surface area contributed by atoms with E-state index >= 15 is 0 Å². The third-order valence-corrected chi connectivity index (χ3v) is 6.43. The maximum absolute atomic E-state index is 12.5. The molecule has 0 spiro atoms. The molecule has 0 radical (unpaired) electrons. The second-order valence-electron chi connectivity index (χ2n) is 8.51. The number of rotatable bonds is 8. The van der Waals surface area contributed by atoms with Crippen molar-refractivity contribution in [2.24, 2.45) is 5.92 Å². The number of hydrogen-bond acceptors (Lipinski definition) is 4. The fourth-order valence-electron chi connectivity index (χ4n) is 4.43. The van der Waals surface area contributed by atoms with Crippen molar-refractivity contribution in [1.29, 1.82) is 0 Å². The number of nitrogens with zero attached hydrogens (tertiary/aromatic N) is 2. The first-order valence-corrected chi connectivity index (χ1v) is 11.6. The van der Waals surface area contributed by atoms with E-state index in [0.29, 0.717) is 17.5 Å². The summed E-state index contributed by atoms with van der Waals surface area (Å²) < 4.78 is 0. The third-order valence-electron chi connectivity index (χ3n) is 6.18. The minimum Gasteiger partial charge on any atom is -0.355 e. The van der Waals surface area contributed by atoms with E-state index in [-0.39, 0.29) is 30.2 Å². The smallest absolute Gasteiger partial charge is 0.225 e. The first kappa shape index (κ1) is 23.5. The fraction of sp³-hybridized carbons (Fsp3) is 0.609. The molecule has 2 N–H and O–H groups in total. The molecule has 170 valence electrons. The maximum Gasteiger partial charge on any atom is 0.225 e. The summed E-state index contributed by atoms with van der Waals surface area (Å²) in [4.78, 5) is 40.8. The first-order chi connectivity index (χ1) is 14.9. The number of carbonyl (C=O) groups excluding carboxylic acids is 3. The lowest BCUT2D eigenvalue weighted by atomic mass is 10.0. The van der Waals surface area contributed by atoms with E-state index in [1.165, 1.54) is 19.8 Å². The highest BCUT2D eigenvalue weighted by Crippen LogP contribution is 2.27. The molecule has 7 nitrogen and oxygen atoms in total. The minimum atomic E-state index is -0.389. The monoisotopic (exact) mass is 448 g/mol. The Kier molecular flexibility index (Phi) is 8.72. The lowest BCUT2D eigenvalue weighted by Crippen LogP contribution is -2.51. The number of hydrogen-bond donors (Lipinski definition) is 2. The molecule has 3 amide bonds. The van der Waals surface area contributed by atoms with Crippen LogP contribution in [0.1, 0.15) is 50.6 Å². The van der Waals surface area contributed by atoms with Crippen LogP contribution in [0, 0.1) is 5.92 Å². The standard InChI is InChI=1S/C23H33ClN4O3/c1-17(29)26-21(18-6-8-20(24)9-7-18)16-22(30)25-10-11-27-12-14-28(15-13-27)23(31)19-4-2-3-5-19/h6-9,19,21H,2-5,10-16H2,1H3,(H,25,30)(H,26,29). The van der Waals surface area contributed by atoms with E-state index in [4.69, 9.17) is 11.6 Å². The zero-order valence-corrected chi connectivity index (χ0v) is 19.0. The van der Waals surface area contributed by atoms with E-state index < -0.39 is 0 Å². The maximum atomic E-state index is 12.5. The van der Waals surface area contributed by atoms with Gasteiger partial charge in [-0.05, 0) is 30.5 Å². The first-order valence-electron chi connectivity index (χ1n) is 11.2. The highest BCUT2D eigenvalue weighted by Gasteiger charge is 2.29. The van der Waals surface area contributed by atoms with Gasteiger partial charge in [0.2, 0.25) is 17.7 Å². The van der Waals surface area contributed by atoms with Crippen molar-refractivity contribution in [1.82, 2.24) is 20.4 Å². The molecule has 0 bridgehead atoms. The summed E-state index contributed by atoms with van der Waals surface area (Å²) in [5.41, 5.74) is 0.845. The Balaban J connectivity index is 1.38. The summed E-state index contributed by atoms with van der Waals surface area (Å²) in [6.07, 6.45) is 4.61. The van der Waals surface area contributed by atoms with Gasteiger partial charge in [-0.25, -0.2) is 0 Å². The van der Waals surface area contributed by atoms with E-state index in [9.17, 15) is 14.4 Å². The Hall–Kier alpha value is -2.12. The molecule has 2 fully saturated rings. The molecule has 0 aromatic heterocycles. The molecule has 2 aliphatic rings. The summed E-state index contributed by atoms with van der Waals surface area (Å²) >= 11 is 5.94. The zero-order valence-electron chi connectivity index (χ0n) is 18.2. The van der Waals surface area contributed by atoms with Crippen molar-refractivity contribution in [3.8, 4) is 0 Å². The molecule has 1 aromatic rings. The number of nitrogens with one attached hydrogen (secondary N) is 2. The van der Waals surface area contributed by atoms with E-state index in [2.05, 4.69) is 15.5 Å². The Morgan fingerprint density at radius 3 is 2.32 bits per heavy atom. The molecule has 1 saturated heterocycles. The van der Waals surface area contributed by atoms with Gasteiger partial charge in [0.05, 0.1) is 12.5 Å². The van der Waals surface area contributed by atoms with E-state index in [1.54, 1.807) is 12.1 Å². The molecule has 31 heavy (non-hydrogen) atoms. The molecule has 1 aliphatic heterocycles. The van der Waals surface area contributed by atoms with Crippen LogP contribution in [0.3, 0.4) is 0 Å². The predicted octanol–water partition coefficient (Wildman–Crippen LogP) is 2.36. The van der Waals surface area contributed by atoms with Gasteiger partial charge < -0.3 is 15.5 Å². The largest absolute Gasteiger partial charge is 0.355 e. The van der Waals surface area contributed by atoms with E-state index in [1.807, 2.05) is 17.0 Å². The van der Waals surface area contributed by atoms with Gasteiger partial charge in [0.25, 0.3) is 0 Å². The number of piperazine rings is 1. The van der Waals surface area contributed by atoms with Gasteiger partial charge in [-0.15, -0.1) is 0 Å². The Morgan fingerprint density at radius 2 is 1.71 bits per heavy atom. The van der Waals surface area contributed by atoms with Crippen LogP contribution in [-0.4, -0.2) is 66.8 Å². The van der Waals surface area contributed by atoms with Crippen LogP contribution in [0.2, 0.25) is 5.02 Å². The summed E-state index contributed by atoms with van der Waals surface area (Å²) in [5.74, 6) is 0.279. The van der Waals surface area contributed by atoms with Crippen molar-refractivity contribution in [3.05, 3.63) is 34.9 Å². The van der Waals surface area contributed by atoms with Gasteiger partial charge in [0.15, 0.2) is 0 Å². The average molecular weight is 449 g/mol. The van der Waals surface area contributed by atoms with Gasteiger partial charge in [-0.1, -0.05) is 36.6 Å². The molecule has 1 atom stereocenters. The molecule has 1 saturated carbocycles. The van der Waals surface area contributed by atoms with Crippen molar-refractivity contribution in [3.63, 3.8) is 0 Å². The van der Waals surface area contributed by atoms with Crippen molar-refractivity contribution in [2.45, 2.75) is 45.1 Å². The van der Waals surface area contributed by atoms with Crippen molar-refractivity contribution in [2.75, 3.05) is 39.3 Å². The summed E-state index contributed by atoms with van der Waals surface area (Å²) in [5, 5.41) is 6.40. The molecule has 1 aromatic carbocycles. The Morgan fingerprint density at radius 1 is 1.06 bits per heavy atom. The van der Waals surface area contributed by atoms with Crippen LogP contribution < -0.4 is 10.6 Å². The average Bonchev–Trinajstić information content (AvgIpc) is 3.28. The van der Waals surface area contributed by atoms with Gasteiger partial charge in [0, 0.05) is 57.1 Å². The zero-order chi connectivity index (χ0) is 22.2. The Bertz CT molecular complexity index is 757. The quantitative estimate of drug-likeness (QED) is 0.639. The lowest BCUT2D eigenvalue weighted by molar-refractivity contribution is -0.137. The molecule has 8 heteroatoms. The lowest BCUT2D eigenvalue weighted by Gasteiger charge is -2.36. The highest BCUT2D eigenvalue weighted by molar-refractivity contribution is 6.30. The normalized spacial score (nSPS) is 18.6. The van der Waals surface area contributed by atoms with Gasteiger partial charge >= 0.3 is 0 Å². The molecular formula is C23H33ClN4O3. The van der Waals surface area contributed by atoms with Crippen LogP contribution in [0.4, 0.5) is 0 Å². The topological polar surface area (TPSA) is 81.8 Å². The molecular weight excluding hydrogens is 416 g/mol. The second kappa shape index (κ2) is 11.5. The Labute approximate surface area is 189 Å². The number of carbonyl (C=O) groups is 3. The van der Waals surface area contributed by atoms with Crippen LogP contribution in [-0.2, 0) is 14.4 Å². The highest BCUT2D eigenvalue weighted by atomic mass is 35.5. The van der Waals surface area contributed by atoms with Gasteiger partial charge in [-0.2, -0.15) is 0 Å². The molecule has 1 heterocycles. The molecule has 1 aliphatic carbocycles. The number of amides is 3. The summed E-state index contributed by atoms with van der Waals surface area (Å²) in [6, 6.07) is 6.76. The predicted molar refractivity (Wildman–Crippen MR) is 121 cm³/mol. The van der Waals surface area contributed by atoms with Crippen molar-refractivity contribution >= 4 is 29.3 Å². The van der Waals surface area contributed by atoms with Crippen LogP contribution in [0.25, 0.3) is 0 Å². The second-order valence-corrected chi connectivity index (χ2v) is 8.94. The molecule has 1 unspecified atom stereocenters. The number of halogens is 1. The summed E-state index contributed by atoms with van der Waals surface area (Å²) in [6.45, 7) is 5.96. The van der Waals surface area contributed by atoms with Crippen LogP contribution in [0.15, 0.2) is 24.3 Å². The van der Waals surface area contributed by atoms with Crippen molar-refractivity contribution < 1.29 is 14.4 Å². The van der Waals surface area contributed by atoms with Crippen LogP contribution in [0.5, 0.6) is 0 Å². The van der Waals surface area contributed by atoms with Crippen LogP contribution >= 0.6 is 11.6 Å². The third kappa shape index (κ3) is 7.21. The SMILES string of the molecule is CC(=O)NC(CC(=O)NCCN1CCN(C(=O)C2CCCC2)CC1)c1ccc(Cl)cc1. The summed E-state index contributed by atoms with van der Waals surface area (Å²) in [7, 11) is 0. The fourth-order valence-corrected chi connectivity index (χ4v) is 4.55. The van der Waals surface area contributed by atoms with Gasteiger partial charge in [0.1, 0.15) is 0 Å².